The highest BCUT2D eigenvalue weighted by atomic mass is 32.3. The van der Waals surface area contributed by atoms with E-state index in [0.29, 0.717) is 11.3 Å². The SMILES string of the molecule is CCNC1c2c(sc(S(N)(=O)=O)c2O)S(=O)(=O)CC1(O)O. The van der Waals surface area contributed by atoms with Crippen LogP contribution in [0.15, 0.2) is 8.42 Å². The number of fused-ring (bicyclic) bond motifs is 1. The minimum Gasteiger partial charge on any atom is -0.505 e. The summed E-state index contributed by atoms with van der Waals surface area (Å²) in [7, 11) is -8.50. The molecule has 2 heterocycles. The van der Waals surface area contributed by atoms with E-state index in [1.165, 1.54) is 0 Å². The van der Waals surface area contributed by atoms with Crippen LogP contribution in [-0.4, -0.2) is 50.2 Å². The van der Waals surface area contributed by atoms with Crippen molar-refractivity contribution in [1.82, 2.24) is 5.32 Å². The first-order chi connectivity index (χ1) is 9.42. The summed E-state index contributed by atoms with van der Waals surface area (Å²) in [5.41, 5.74) is -0.387. The normalized spacial score (nSPS) is 23.7. The van der Waals surface area contributed by atoms with Crippen LogP contribution in [0, 0.1) is 0 Å². The van der Waals surface area contributed by atoms with Crippen LogP contribution >= 0.6 is 11.3 Å². The molecular formula is C9H14N2O7S3. The van der Waals surface area contributed by atoms with Gasteiger partial charge in [-0.2, -0.15) is 0 Å². The predicted molar refractivity (Wildman–Crippen MR) is 73.0 cm³/mol. The Kier molecular flexibility index (Phi) is 3.85. The Labute approximate surface area is 125 Å². The number of primary sulfonamides is 1. The number of hydrogen-bond donors (Lipinski definition) is 5. The Bertz CT molecular complexity index is 779. The van der Waals surface area contributed by atoms with Gasteiger partial charge in [0.1, 0.15) is 9.96 Å². The van der Waals surface area contributed by atoms with Crippen LogP contribution in [-0.2, 0) is 19.9 Å². The van der Waals surface area contributed by atoms with Gasteiger partial charge in [0.2, 0.25) is 0 Å². The van der Waals surface area contributed by atoms with E-state index >= 15 is 0 Å². The summed E-state index contributed by atoms with van der Waals surface area (Å²) >= 11 is 0.293. The quantitative estimate of drug-likeness (QED) is 0.395. The molecule has 9 nitrogen and oxygen atoms in total. The molecular weight excluding hydrogens is 344 g/mol. The second kappa shape index (κ2) is 4.87. The maximum absolute atomic E-state index is 12.0. The van der Waals surface area contributed by atoms with Crippen molar-refractivity contribution in [2.45, 2.75) is 27.2 Å². The van der Waals surface area contributed by atoms with E-state index in [1.54, 1.807) is 6.92 Å². The highest BCUT2D eigenvalue weighted by molar-refractivity contribution is 7.95. The Morgan fingerprint density at radius 3 is 2.52 bits per heavy atom. The molecule has 0 bridgehead atoms. The maximum Gasteiger partial charge on any atom is 0.251 e. The van der Waals surface area contributed by atoms with Crippen molar-refractivity contribution in [2.75, 3.05) is 12.3 Å². The molecule has 0 aromatic carbocycles. The zero-order valence-corrected chi connectivity index (χ0v) is 13.2. The highest BCUT2D eigenvalue weighted by Gasteiger charge is 2.51. The summed E-state index contributed by atoms with van der Waals surface area (Å²) in [6.07, 6.45) is 0. The average molecular weight is 358 g/mol. The largest absolute Gasteiger partial charge is 0.505 e. The van der Waals surface area contributed by atoms with Crippen LogP contribution in [0.2, 0.25) is 0 Å². The molecule has 1 aromatic rings. The third-order valence-corrected chi connectivity index (χ3v) is 8.00. The maximum atomic E-state index is 12.0. The first-order valence-corrected chi connectivity index (χ1v) is 9.72. The second-order valence-electron chi connectivity index (χ2n) is 4.61. The third-order valence-electron chi connectivity index (χ3n) is 2.96. The number of hydrogen-bond acceptors (Lipinski definition) is 9. The van der Waals surface area contributed by atoms with Gasteiger partial charge >= 0.3 is 0 Å². The van der Waals surface area contributed by atoms with Crippen molar-refractivity contribution < 1.29 is 32.2 Å². The van der Waals surface area contributed by atoms with Gasteiger partial charge < -0.3 is 20.6 Å². The molecule has 1 aliphatic rings. The second-order valence-corrected chi connectivity index (χ2v) is 9.57. The van der Waals surface area contributed by atoms with E-state index in [4.69, 9.17) is 5.14 Å². The number of rotatable bonds is 3. The van der Waals surface area contributed by atoms with Gasteiger partial charge in [0.05, 0.1) is 6.04 Å². The van der Waals surface area contributed by atoms with E-state index in [0.717, 1.165) is 0 Å². The molecule has 0 fully saturated rings. The van der Waals surface area contributed by atoms with Crippen molar-refractivity contribution >= 4 is 31.2 Å². The molecule has 2 rings (SSSR count). The minimum absolute atomic E-state index is 0.229. The fourth-order valence-electron chi connectivity index (χ4n) is 2.20. The number of thiophene rings is 1. The Balaban J connectivity index is 2.83. The first-order valence-electron chi connectivity index (χ1n) is 5.71. The summed E-state index contributed by atoms with van der Waals surface area (Å²) in [5, 5.41) is 37.4. The van der Waals surface area contributed by atoms with Crippen molar-refractivity contribution in [2.24, 2.45) is 5.14 Å². The summed E-state index contributed by atoms with van der Waals surface area (Å²) in [4.78, 5) is 0. The molecule has 1 aliphatic heterocycles. The topological polar surface area (TPSA) is 167 Å². The van der Waals surface area contributed by atoms with Crippen LogP contribution in [0.1, 0.15) is 18.5 Å². The monoisotopic (exact) mass is 358 g/mol. The molecule has 21 heavy (non-hydrogen) atoms. The zero-order chi connectivity index (χ0) is 16.2. The lowest BCUT2D eigenvalue weighted by Crippen LogP contribution is -2.51. The Morgan fingerprint density at radius 2 is 2.05 bits per heavy atom. The fourth-order valence-corrected chi connectivity index (χ4v) is 6.50. The Hall–Kier alpha value is -0.760. The first kappa shape index (κ1) is 16.6. The van der Waals surface area contributed by atoms with Crippen molar-refractivity contribution in [3.05, 3.63) is 5.56 Å². The predicted octanol–water partition coefficient (Wildman–Crippen LogP) is -1.78. The molecule has 0 amide bonds. The molecule has 1 aromatic heterocycles. The number of nitrogens with two attached hydrogens (primary N) is 1. The summed E-state index contributed by atoms with van der Waals surface area (Å²) < 4.78 is 45.7. The molecule has 1 unspecified atom stereocenters. The molecule has 1 atom stereocenters. The van der Waals surface area contributed by atoms with Crippen LogP contribution in [0.25, 0.3) is 0 Å². The molecule has 12 heteroatoms. The molecule has 0 spiro atoms. The van der Waals surface area contributed by atoms with E-state index in [1.807, 2.05) is 0 Å². The van der Waals surface area contributed by atoms with Gasteiger partial charge in [-0.15, -0.1) is 11.3 Å². The van der Waals surface area contributed by atoms with E-state index in [2.05, 4.69) is 5.32 Å². The lowest BCUT2D eigenvalue weighted by Gasteiger charge is -2.35. The average Bonchev–Trinajstić information content (AvgIpc) is 2.61. The lowest BCUT2D eigenvalue weighted by atomic mass is 10.0. The van der Waals surface area contributed by atoms with Gasteiger partial charge in [0.25, 0.3) is 10.0 Å². The lowest BCUT2D eigenvalue weighted by molar-refractivity contribution is -0.168. The number of aliphatic hydroxyl groups is 2. The number of likely N-dealkylation sites (N-methyl/N-ethyl adjacent to an activating group) is 1. The summed E-state index contributed by atoms with van der Waals surface area (Å²) in [5.74, 6) is -4.58. The van der Waals surface area contributed by atoms with Crippen LogP contribution in [0.3, 0.4) is 0 Å². The van der Waals surface area contributed by atoms with Crippen molar-refractivity contribution in [3.63, 3.8) is 0 Å². The molecule has 6 N–H and O–H groups in total. The van der Waals surface area contributed by atoms with E-state index in [-0.39, 0.29) is 12.1 Å². The van der Waals surface area contributed by atoms with Crippen LogP contribution in [0.5, 0.6) is 5.75 Å². The summed E-state index contributed by atoms with van der Waals surface area (Å²) in [6.45, 7) is 1.86. The van der Waals surface area contributed by atoms with Gasteiger partial charge in [0.15, 0.2) is 25.6 Å². The Morgan fingerprint density at radius 1 is 1.48 bits per heavy atom. The molecule has 120 valence electrons. The van der Waals surface area contributed by atoms with Gasteiger partial charge in [-0.25, -0.2) is 22.0 Å². The zero-order valence-electron chi connectivity index (χ0n) is 10.8. The number of nitrogens with one attached hydrogen (secondary N) is 1. The smallest absolute Gasteiger partial charge is 0.251 e. The van der Waals surface area contributed by atoms with E-state index in [9.17, 15) is 32.2 Å². The summed E-state index contributed by atoms with van der Waals surface area (Å²) in [6, 6.07) is -1.35. The van der Waals surface area contributed by atoms with Crippen LogP contribution < -0.4 is 10.5 Å². The molecule has 0 saturated carbocycles. The van der Waals surface area contributed by atoms with Crippen molar-refractivity contribution in [3.8, 4) is 5.75 Å². The van der Waals surface area contributed by atoms with Gasteiger partial charge in [-0.3, -0.25) is 0 Å². The molecule has 0 saturated heterocycles. The van der Waals surface area contributed by atoms with Crippen molar-refractivity contribution in [1.29, 1.82) is 0 Å². The fraction of sp³-hybridized carbons (Fsp3) is 0.556. The highest BCUT2D eigenvalue weighted by Crippen LogP contribution is 2.49. The molecule has 0 aliphatic carbocycles. The third kappa shape index (κ3) is 2.67. The van der Waals surface area contributed by atoms with Gasteiger partial charge in [0, 0.05) is 5.56 Å². The number of aromatic hydroxyl groups is 1. The molecule has 0 radical (unpaired) electrons. The number of sulfonamides is 1. The standard InChI is InChI=1S/C9H14N2O7S3/c1-2-11-6-4-5(12)8(21(10,17)18)19-7(4)20(15,16)3-9(6,13)14/h6,11-14H,2-3H2,1H3,(H2,10,17,18). The van der Waals surface area contributed by atoms with Gasteiger partial charge in [-0.1, -0.05) is 6.92 Å². The van der Waals surface area contributed by atoms with Crippen LogP contribution in [0.4, 0.5) is 0 Å². The van der Waals surface area contributed by atoms with Gasteiger partial charge in [-0.05, 0) is 6.54 Å². The van der Waals surface area contributed by atoms with E-state index < -0.39 is 51.6 Å². The number of sulfone groups is 1. The minimum atomic E-state index is -4.34.